The number of halogens is 1. The van der Waals surface area contributed by atoms with Gasteiger partial charge in [0.1, 0.15) is 11.0 Å². The first-order chi connectivity index (χ1) is 7.76. The fourth-order valence-electron chi connectivity index (χ4n) is 0.961. The van der Waals surface area contributed by atoms with Gasteiger partial charge in [0.25, 0.3) is 0 Å². The largest absolute Gasteiger partial charge is 0.369 e. The van der Waals surface area contributed by atoms with Crippen LogP contribution in [0, 0.1) is 12.3 Å². The van der Waals surface area contributed by atoms with E-state index in [4.69, 9.17) is 18.0 Å². The molecule has 0 fully saturated rings. The second-order valence-electron chi connectivity index (χ2n) is 2.75. The lowest BCUT2D eigenvalue weighted by Gasteiger charge is -2.06. The Labute approximate surface area is 109 Å². The molecule has 1 rings (SSSR count). The molecule has 86 valence electrons. The summed E-state index contributed by atoms with van der Waals surface area (Å²) in [6.07, 6.45) is 7.06. The number of nitrogens with zero attached hydrogens (tertiary/aromatic N) is 2. The third kappa shape index (κ3) is 4.97. The molecule has 0 atom stereocenters. The molecule has 0 saturated heterocycles. The van der Waals surface area contributed by atoms with Crippen LogP contribution in [-0.2, 0) is 0 Å². The number of hydrogen-bond acceptors (Lipinski definition) is 5. The maximum atomic E-state index is 5.86. The van der Waals surface area contributed by atoms with Gasteiger partial charge in [-0.15, -0.1) is 18.2 Å². The summed E-state index contributed by atoms with van der Waals surface area (Å²) in [4.78, 5) is 8.33. The van der Waals surface area contributed by atoms with Gasteiger partial charge in [0, 0.05) is 18.4 Å². The van der Waals surface area contributed by atoms with Crippen LogP contribution in [0.3, 0.4) is 0 Å². The zero-order chi connectivity index (χ0) is 11.8. The van der Waals surface area contributed by atoms with Crippen molar-refractivity contribution in [2.24, 2.45) is 0 Å². The van der Waals surface area contributed by atoms with Gasteiger partial charge in [-0.2, -0.15) is 0 Å². The third-order valence-corrected chi connectivity index (χ3v) is 3.20. The van der Waals surface area contributed by atoms with E-state index < -0.39 is 0 Å². The number of hydrogen-bond donors (Lipinski definition) is 1. The molecule has 0 aliphatic heterocycles. The maximum absolute atomic E-state index is 5.86. The summed E-state index contributed by atoms with van der Waals surface area (Å²) in [6.45, 7) is 0.813. The van der Waals surface area contributed by atoms with Crippen LogP contribution in [0.25, 0.3) is 0 Å². The highest BCUT2D eigenvalue weighted by atomic mass is 35.5. The molecule has 1 N–H and O–H groups in total. The predicted octanol–water partition coefficient (Wildman–Crippen LogP) is 2.63. The van der Waals surface area contributed by atoms with Gasteiger partial charge >= 0.3 is 0 Å². The first kappa shape index (κ1) is 13.5. The second-order valence-corrected chi connectivity index (χ2v) is 5.01. The van der Waals surface area contributed by atoms with E-state index in [1.807, 2.05) is 6.26 Å². The molecule has 0 amide bonds. The molecule has 3 nitrogen and oxygen atoms in total. The summed E-state index contributed by atoms with van der Waals surface area (Å²) < 4.78 is 0. The Morgan fingerprint density at radius 1 is 1.56 bits per heavy atom. The molecule has 0 aliphatic carbocycles. The number of thioether (sulfide) groups is 2. The summed E-state index contributed by atoms with van der Waals surface area (Å²) in [7, 11) is 0. The number of anilines is 1. The summed E-state index contributed by atoms with van der Waals surface area (Å²) in [5.74, 6) is 5.02. The highest BCUT2D eigenvalue weighted by Crippen LogP contribution is 2.17. The molecule has 1 aromatic rings. The second kappa shape index (κ2) is 7.66. The van der Waals surface area contributed by atoms with Crippen LogP contribution < -0.4 is 5.32 Å². The number of aromatic nitrogens is 2. The lowest BCUT2D eigenvalue weighted by Crippen LogP contribution is -2.06. The zero-order valence-electron chi connectivity index (χ0n) is 8.86. The summed E-state index contributed by atoms with van der Waals surface area (Å²) >= 11 is 9.03. The van der Waals surface area contributed by atoms with Crippen molar-refractivity contribution in [3.05, 3.63) is 11.2 Å². The lowest BCUT2D eigenvalue weighted by molar-refractivity contribution is 0.964. The Morgan fingerprint density at radius 2 is 2.38 bits per heavy atom. The molecular formula is C10H12ClN3S2. The maximum Gasteiger partial charge on any atom is 0.190 e. The Hall–Kier alpha value is -0.570. The van der Waals surface area contributed by atoms with Gasteiger partial charge in [0.05, 0.1) is 5.75 Å². The fourth-order valence-corrected chi connectivity index (χ4v) is 2.08. The molecule has 0 radical (unpaired) electrons. The predicted molar refractivity (Wildman–Crippen MR) is 73.5 cm³/mol. The Balaban J connectivity index is 2.41. The zero-order valence-corrected chi connectivity index (χ0v) is 11.3. The van der Waals surface area contributed by atoms with Crippen molar-refractivity contribution in [1.29, 1.82) is 0 Å². The smallest absolute Gasteiger partial charge is 0.190 e. The quantitative estimate of drug-likeness (QED) is 0.284. The molecule has 0 unspecified atom stereocenters. The van der Waals surface area contributed by atoms with E-state index in [0.29, 0.717) is 10.3 Å². The minimum Gasteiger partial charge on any atom is -0.369 e. The average molecular weight is 274 g/mol. The van der Waals surface area contributed by atoms with E-state index in [1.54, 1.807) is 17.8 Å². The molecule has 0 bridgehead atoms. The van der Waals surface area contributed by atoms with E-state index in [9.17, 15) is 0 Å². The van der Waals surface area contributed by atoms with Gasteiger partial charge < -0.3 is 5.32 Å². The highest BCUT2D eigenvalue weighted by Gasteiger charge is 2.01. The molecule has 6 heteroatoms. The number of nitrogens with one attached hydrogen (secondary N) is 1. The van der Waals surface area contributed by atoms with Crippen LogP contribution in [0.5, 0.6) is 0 Å². The number of terminal acetylenes is 1. The van der Waals surface area contributed by atoms with E-state index in [1.165, 1.54) is 11.8 Å². The Morgan fingerprint density at radius 3 is 3.06 bits per heavy atom. The minimum absolute atomic E-state index is 0.457. The average Bonchev–Trinajstić information content (AvgIpc) is 2.28. The van der Waals surface area contributed by atoms with Crippen molar-refractivity contribution in [3.63, 3.8) is 0 Å². The van der Waals surface area contributed by atoms with Crippen molar-refractivity contribution >= 4 is 40.9 Å². The Bertz CT molecular complexity index is 379. The van der Waals surface area contributed by atoms with Crippen LogP contribution in [-0.4, -0.2) is 34.3 Å². The van der Waals surface area contributed by atoms with Crippen LogP contribution in [0.4, 0.5) is 5.82 Å². The summed E-state index contributed by atoms with van der Waals surface area (Å²) in [6, 6.07) is 1.72. The van der Waals surface area contributed by atoms with Crippen LogP contribution in [0.1, 0.15) is 0 Å². The molecule has 0 aliphatic rings. The van der Waals surface area contributed by atoms with E-state index in [0.717, 1.165) is 23.9 Å². The van der Waals surface area contributed by atoms with E-state index in [-0.39, 0.29) is 0 Å². The van der Waals surface area contributed by atoms with E-state index >= 15 is 0 Å². The van der Waals surface area contributed by atoms with Crippen LogP contribution >= 0.6 is 35.1 Å². The third-order valence-electron chi connectivity index (χ3n) is 1.59. The van der Waals surface area contributed by atoms with Crippen LogP contribution in [0.2, 0.25) is 5.15 Å². The molecule has 16 heavy (non-hydrogen) atoms. The molecular weight excluding hydrogens is 262 g/mol. The summed E-state index contributed by atoms with van der Waals surface area (Å²) in [5.41, 5.74) is 0. The SMILES string of the molecule is C#CCSCCNc1cc(Cl)nc(SC)n1. The van der Waals surface area contributed by atoms with Crippen molar-refractivity contribution in [3.8, 4) is 12.3 Å². The van der Waals surface area contributed by atoms with Gasteiger partial charge in [0.15, 0.2) is 5.16 Å². The first-order valence-electron chi connectivity index (χ1n) is 4.60. The van der Waals surface area contributed by atoms with Crippen molar-refractivity contribution in [2.45, 2.75) is 5.16 Å². The Kier molecular flexibility index (Phi) is 6.46. The standard InChI is InChI=1S/C10H12ClN3S2/c1-3-5-16-6-4-12-9-7-8(11)13-10(14-9)15-2/h1,7H,4-6H2,2H3,(H,12,13,14). The lowest BCUT2D eigenvalue weighted by atomic mass is 10.5. The highest BCUT2D eigenvalue weighted by molar-refractivity contribution is 7.99. The van der Waals surface area contributed by atoms with Crippen molar-refractivity contribution in [1.82, 2.24) is 9.97 Å². The minimum atomic E-state index is 0.457. The molecule has 1 heterocycles. The van der Waals surface area contributed by atoms with Crippen molar-refractivity contribution < 1.29 is 0 Å². The molecule has 0 spiro atoms. The van der Waals surface area contributed by atoms with Gasteiger partial charge in [0.2, 0.25) is 0 Å². The van der Waals surface area contributed by atoms with Crippen molar-refractivity contribution in [2.75, 3.05) is 29.6 Å². The molecule has 0 saturated carbocycles. The molecule has 1 aromatic heterocycles. The monoisotopic (exact) mass is 273 g/mol. The fraction of sp³-hybridized carbons (Fsp3) is 0.400. The van der Waals surface area contributed by atoms with Gasteiger partial charge in [-0.05, 0) is 6.26 Å². The number of rotatable bonds is 6. The van der Waals surface area contributed by atoms with Gasteiger partial charge in [-0.1, -0.05) is 29.3 Å². The van der Waals surface area contributed by atoms with Gasteiger partial charge in [-0.25, -0.2) is 9.97 Å². The van der Waals surface area contributed by atoms with E-state index in [2.05, 4.69) is 21.2 Å². The van der Waals surface area contributed by atoms with Crippen LogP contribution in [0.15, 0.2) is 11.2 Å². The normalized spacial score (nSPS) is 9.81. The topological polar surface area (TPSA) is 37.8 Å². The summed E-state index contributed by atoms with van der Waals surface area (Å²) in [5, 5.41) is 4.31. The van der Waals surface area contributed by atoms with Gasteiger partial charge in [-0.3, -0.25) is 0 Å². The molecule has 0 aromatic carbocycles. The first-order valence-corrected chi connectivity index (χ1v) is 7.35.